The number of urea groups is 1. The summed E-state index contributed by atoms with van der Waals surface area (Å²) >= 11 is 6.44. The van der Waals surface area contributed by atoms with Crippen LogP contribution in [-0.4, -0.2) is 42.4 Å². The predicted molar refractivity (Wildman–Crippen MR) is 128 cm³/mol. The molecule has 2 N–H and O–H groups in total. The van der Waals surface area contributed by atoms with E-state index in [4.69, 9.17) is 30.5 Å². The van der Waals surface area contributed by atoms with Gasteiger partial charge in [0.1, 0.15) is 30.7 Å². The Hall–Kier alpha value is -3.46. The van der Waals surface area contributed by atoms with Crippen molar-refractivity contribution >= 4 is 34.2 Å². The summed E-state index contributed by atoms with van der Waals surface area (Å²) < 4.78 is 23.1. The Morgan fingerprint density at radius 2 is 1.88 bits per heavy atom. The number of hydrogen-bond acceptors (Lipinski definition) is 7. The first-order valence-electron chi connectivity index (χ1n) is 11.3. The number of rotatable bonds is 5. The molecular formula is C24H25ClN4O5. The summed E-state index contributed by atoms with van der Waals surface area (Å²) in [6.45, 7) is 0.801. The second kappa shape index (κ2) is 9.80. The number of methoxy groups -OCH3 is 1. The molecule has 1 aliphatic heterocycles. The van der Waals surface area contributed by atoms with Crippen LogP contribution in [0.25, 0.3) is 10.9 Å². The molecule has 2 heterocycles. The molecule has 0 spiro atoms. The van der Waals surface area contributed by atoms with Crippen LogP contribution in [0.4, 0.5) is 10.5 Å². The van der Waals surface area contributed by atoms with Gasteiger partial charge in [-0.05, 0) is 25.0 Å². The fourth-order valence-corrected chi connectivity index (χ4v) is 4.49. The summed E-state index contributed by atoms with van der Waals surface area (Å²) in [5.74, 6) is 2.23. The summed E-state index contributed by atoms with van der Waals surface area (Å²) in [5, 5.41) is 6.75. The van der Waals surface area contributed by atoms with Gasteiger partial charge in [-0.2, -0.15) is 0 Å². The van der Waals surface area contributed by atoms with Crippen molar-refractivity contribution in [3.63, 3.8) is 0 Å². The summed E-state index contributed by atoms with van der Waals surface area (Å²) in [6.07, 6.45) is 6.92. The highest BCUT2D eigenvalue weighted by atomic mass is 35.5. The molecule has 2 aliphatic rings. The third-order valence-electron chi connectivity index (χ3n) is 5.91. The van der Waals surface area contributed by atoms with Crippen molar-refractivity contribution in [2.24, 2.45) is 0 Å². The van der Waals surface area contributed by atoms with Gasteiger partial charge in [-0.1, -0.05) is 30.9 Å². The number of nitrogens with one attached hydrogen (secondary N) is 2. The SMILES string of the molecule is COc1cc2ncnc(Oc3ccc(NC(=O)NC4CCCCC4)c(Cl)c3)c2c2c1OCCO2. The Bertz CT molecular complexity index is 1220. The van der Waals surface area contributed by atoms with Crippen molar-refractivity contribution in [3.8, 4) is 28.9 Å². The molecule has 34 heavy (non-hydrogen) atoms. The minimum Gasteiger partial charge on any atom is -0.493 e. The molecule has 0 radical (unpaired) electrons. The number of carbonyl (C=O) groups excluding carboxylic acids is 1. The molecule has 1 aliphatic carbocycles. The van der Waals surface area contributed by atoms with E-state index in [1.54, 1.807) is 31.4 Å². The van der Waals surface area contributed by atoms with E-state index in [2.05, 4.69) is 20.6 Å². The number of fused-ring (bicyclic) bond motifs is 3. The second-order valence-corrected chi connectivity index (χ2v) is 8.59. The zero-order valence-electron chi connectivity index (χ0n) is 18.7. The van der Waals surface area contributed by atoms with Crippen LogP contribution in [0.3, 0.4) is 0 Å². The third kappa shape index (κ3) is 4.61. The highest BCUT2D eigenvalue weighted by Crippen LogP contribution is 2.47. The van der Waals surface area contributed by atoms with Gasteiger partial charge in [-0.15, -0.1) is 0 Å². The van der Waals surface area contributed by atoms with Gasteiger partial charge in [0.25, 0.3) is 0 Å². The van der Waals surface area contributed by atoms with E-state index in [1.807, 2.05) is 0 Å². The lowest BCUT2D eigenvalue weighted by Gasteiger charge is -2.23. The number of carbonyl (C=O) groups is 1. The molecule has 1 saturated carbocycles. The molecule has 1 aromatic heterocycles. The molecule has 3 aromatic rings. The number of halogens is 1. The number of nitrogens with zero attached hydrogens (tertiary/aromatic N) is 2. The minimum absolute atomic E-state index is 0.205. The van der Waals surface area contributed by atoms with Crippen molar-refractivity contribution in [3.05, 3.63) is 35.6 Å². The van der Waals surface area contributed by atoms with Crippen LogP contribution in [-0.2, 0) is 0 Å². The van der Waals surface area contributed by atoms with Crippen molar-refractivity contribution in [1.82, 2.24) is 15.3 Å². The zero-order valence-corrected chi connectivity index (χ0v) is 19.5. The van der Waals surface area contributed by atoms with Gasteiger partial charge in [-0.25, -0.2) is 14.8 Å². The standard InChI is InChI=1S/C24H25ClN4O5/c1-31-19-12-18-20(22-21(19)32-9-10-33-22)23(27-13-26-18)34-15-7-8-17(16(25)11-15)29-24(30)28-14-5-3-2-4-6-14/h7-8,11-14H,2-6,9-10H2,1H3,(H2,28,29,30). The first kappa shape index (κ1) is 22.3. The van der Waals surface area contributed by atoms with Gasteiger partial charge in [0.2, 0.25) is 11.6 Å². The fourth-order valence-electron chi connectivity index (χ4n) is 4.27. The van der Waals surface area contributed by atoms with Crippen LogP contribution < -0.4 is 29.6 Å². The van der Waals surface area contributed by atoms with Gasteiger partial charge in [0.05, 0.1) is 23.3 Å². The topological polar surface area (TPSA) is 104 Å². The maximum absolute atomic E-state index is 12.4. The van der Waals surface area contributed by atoms with E-state index in [0.29, 0.717) is 63.7 Å². The van der Waals surface area contributed by atoms with E-state index < -0.39 is 0 Å². The molecule has 10 heteroatoms. The molecule has 0 unspecified atom stereocenters. The van der Waals surface area contributed by atoms with Crippen molar-refractivity contribution in [1.29, 1.82) is 0 Å². The minimum atomic E-state index is -0.262. The van der Waals surface area contributed by atoms with Crippen molar-refractivity contribution < 1.29 is 23.7 Å². The molecule has 5 rings (SSSR count). The maximum Gasteiger partial charge on any atom is 0.319 e. The van der Waals surface area contributed by atoms with E-state index in [0.717, 1.165) is 25.7 Å². The second-order valence-electron chi connectivity index (χ2n) is 8.18. The molecular weight excluding hydrogens is 460 g/mol. The fraction of sp³-hybridized carbons (Fsp3) is 0.375. The summed E-state index contributed by atoms with van der Waals surface area (Å²) in [7, 11) is 1.56. The van der Waals surface area contributed by atoms with Crippen LogP contribution in [0.2, 0.25) is 5.02 Å². The van der Waals surface area contributed by atoms with E-state index in [-0.39, 0.29) is 12.1 Å². The van der Waals surface area contributed by atoms with Crippen molar-refractivity contribution in [2.75, 3.05) is 25.6 Å². The maximum atomic E-state index is 12.4. The molecule has 2 aromatic carbocycles. The molecule has 0 atom stereocenters. The Kier molecular flexibility index (Phi) is 6.44. The Morgan fingerprint density at radius 1 is 1.09 bits per heavy atom. The first-order chi connectivity index (χ1) is 16.6. The molecule has 0 saturated heterocycles. The van der Waals surface area contributed by atoms with E-state index in [9.17, 15) is 4.79 Å². The van der Waals surface area contributed by atoms with Gasteiger partial charge in [-0.3, -0.25) is 0 Å². The van der Waals surface area contributed by atoms with E-state index >= 15 is 0 Å². The number of aromatic nitrogens is 2. The van der Waals surface area contributed by atoms with Crippen LogP contribution in [0.5, 0.6) is 28.9 Å². The van der Waals surface area contributed by atoms with E-state index in [1.165, 1.54) is 12.7 Å². The lowest BCUT2D eigenvalue weighted by atomic mass is 9.96. The van der Waals surface area contributed by atoms with Crippen molar-refractivity contribution in [2.45, 2.75) is 38.1 Å². The monoisotopic (exact) mass is 484 g/mol. The quantitative estimate of drug-likeness (QED) is 0.505. The average molecular weight is 485 g/mol. The lowest BCUT2D eigenvalue weighted by molar-refractivity contribution is 0.167. The molecule has 0 bridgehead atoms. The Morgan fingerprint density at radius 3 is 2.65 bits per heavy atom. The zero-order chi connectivity index (χ0) is 23.5. The van der Waals surface area contributed by atoms with Gasteiger partial charge >= 0.3 is 6.03 Å². The Balaban J connectivity index is 1.37. The number of hydrogen-bond donors (Lipinski definition) is 2. The van der Waals surface area contributed by atoms with Gasteiger partial charge in [0.15, 0.2) is 11.5 Å². The molecule has 2 amide bonds. The summed E-state index contributed by atoms with van der Waals surface area (Å²) in [6, 6.07) is 6.73. The van der Waals surface area contributed by atoms with Crippen LogP contribution >= 0.6 is 11.6 Å². The number of amides is 2. The lowest BCUT2D eigenvalue weighted by Crippen LogP contribution is -2.39. The average Bonchev–Trinajstić information content (AvgIpc) is 2.86. The molecule has 1 fully saturated rings. The number of ether oxygens (including phenoxy) is 4. The third-order valence-corrected chi connectivity index (χ3v) is 6.22. The Labute approximate surface area is 201 Å². The van der Waals surface area contributed by atoms with Crippen LogP contribution in [0, 0.1) is 0 Å². The van der Waals surface area contributed by atoms with Crippen LogP contribution in [0.1, 0.15) is 32.1 Å². The highest BCUT2D eigenvalue weighted by molar-refractivity contribution is 6.33. The smallest absolute Gasteiger partial charge is 0.319 e. The number of benzene rings is 2. The van der Waals surface area contributed by atoms with Gasteiger partial charge < -0.3 is 29.6 Å². The molecule has 9 nitrogen and oxygen atoms in total. The van der Waals surface area contributed by atoms with Gasteiger partial charge in [0, 0.05) is 18.2 Å². The predicted octanol–water partition coefficient (Wildman–Crippen LogP) is 5.31. The largest absolute Gasteiger partial charge is 0.493 e. The summed E-state index contributed by atoms with van der Waals surface area (Å²) in [5.41, 5.74) is 1.09. The number of anilines is 1. The molecule has 178 valence electrons. The highest BCUT2D eigenvalue weighted by Gasteiger charge is 2.25. The normalized spacial score (nSPS) is 15.6. The summed E-state index contributed by atoms with van der Waals surface area (Å²) in [4.78, 5) is 21.0. The van der Waals surface area contributed by atoms with Crippen LogP contribution in [0.15, 0.2) is 30.6 Å². The first-order valence-corrected chi connectivity index (χ1v) is 11.7.